The molecule has 19 heavy (non-hydrogen) atoms. The van der Waals surface area contributed by atoms with Gasteiger partial charge in [0, 0.05) is 18.1 Å². The Balaban J connectivity index is 2.00. The molecule has 0 heterocycles. The fourth-order valence-corrected chi connectivity index (χ4v) is 2.30. The summed E-state index contributed by atoms with van der Waals surface area (Å²) in [7, 11) is 1.70. The number of nitrogens with one attached hydrogen (secondary N) is 1. The van der Waals surface area contributed by atoms with Gasteiger partial charge in [-0.3, -0.25) is 0 Å². The number of benzene rings is 2. The molecule has 0 aliphatic rings. The highest BCUT2D eigenvalue weighted by molar-refractivity contribution is 9.10. The van der Waals surface area contributed by atoms with E-state index in [4.69, 9.17) is 16.3 Å². The van der Waals surface area contributed by atoms with Crippen molar-refractivity contribution in [2.24, 2.45) is 0 Å². The van der Waals surface area contributed by atoms with E-state index >= 15 is 0 Å². The van der Waals surface area contributed by atoms with Crippen molar-refractivity contribution < 1.29 is 4.74 Å². The smallest absolute Gasteiger partial charge is 0.0713 e. The van der Waals surface area contributed by atoms with Crippen molar-refractivity contribution in [2.75, 3.05) is 12.4 Å². The van der Waals surface area contributed by atoms with E-state index in [9.17, 15) is 0 Å². The van der Waals surface area contributed by atoms with Gasteiger partial charge in [-0.05, 0) is 29.3 Å². The third-order valence-corrected chi connectivity index (χ3v) is 3.57. The summed E-state index contributed by atoms with van der Waals surface area (Å²) in [6.07, 6.45) is 0. The molecule has 2 nitrogen and oxygen atoms in total. The zero-order valence-electron chi connectivity index (χ0n) is 10.6. The van der Waals surface area contributed by atoms with Gasteiger partial charge in [0.25, 0.3) is 0 Å². The van der Waals surface area contributed by atoms with Crippen LogP contribution >= 0.6 is 27.5 Å². The van der Waals surface area contributed by atoms with Crippen LogP contribution in [0.3, 0.4) is 0 Å². The van der Waals surface area contributed by atoms with Crippen molar-refractivity contribution in [2.45, 2.75) is 13.2 Å². The first-order chi connectivity index (χ1) is 9.19. The standard InChI is InChI=1S/C15H15BrClNO/c1-19-10-12-4-2-11(3-5-12)9-18-15-8-13(16)6-7-14(15)17/h2-8,18H,9-10H2,1H3. The Morgan fingerprint density at radius 3 is 2.47 bits per heavy atom. The van der Waals surface area contributed by atoms with Crippen molar-refractivity contribution >= 4 is 33.2 Å². The van der Waals surface area contributed by atoms with Crippen LogP contribution in [0.25, 0.3) is 0 Å². The molecule has 100 valence electrons. The molecule has 0 spiro atoms. The molecule has 0 saturated heterocycles. The van der Waals surface area contributed by atoms with Gasteiger partial charge in [-0.25, -0.2) is 0 Å². The lowest BCUT2D eigenvalue weighted by Crippen LogP contribution is -2.00. The highest BCUT2D eigenvalue weighted by atomic mass is 79.9. The van der Waals surface area contributed by atoms with E-state index in [-0.39, 0.29) is 0 Å². The maximum atomic E-state index is 6.13. The second-order valence-electron chi connectivity index (χ2n) is 4.23. The Labute approximate surface area is 126 Å². The molecular formula is C15H15BrClNO. The molecule has 0 saturated carbocycles. The number of hydrogen-bond acceptors (Lipinski definition) is 2. The topological polar surface area (TPSA) is 21.3 Å². The fraction of sp³-hybridized carbons (Fsp3) is 0.200. The number of ether oxygens (including phenoxy) is 1. The van der Waals surface area contributed by atoms with E-state index in [1.54, 1.807) is 7.11 Å². The number of anilines is 1. The highest BCUT2D eigenvalue weighted by Gasteiger charge is 2.01. The quantitative estimate of drug-likeness (QED) is 0.839. The molecule has 2 rings (SSSR count). The maximum Gasteiger partial charge on any atom is 0.0713 e. The van der Waals surface area contributed by atoms with Crippen LogP contribution in [0.4, 0.5) is 5.69 Å². The van der Waals surface area contributed by atoms with Crippen LogP contribution in [0.2, 0.25) is 5.02 Å². The van der Waals surface area contributed by atoms with E-state index in [0.29, 0.717) is 6.61 Å². The average molecular weight is 341 g/mol. The first-order valence-corrected chi connectivity index (χ1v) is 7.12. The Kier molecular flexibility index (Phi) is 5.25. The summed E-state index contributed by atoms with van der Waals surface area (Å²) in [5.74, 6) is 0. The summed E-state index contributed by atoms with van der Waals surface area (Å²) in [4.78, 5) is 0. The van der Waals surface area contributed by atoms with Gasteiger partial charge in [0.05, 0.1) is 17.3 Å². The fourth-order valence-electron chi connectivity index (χ4n) is 1.75. The van der Waals surface area contributed by atoms with Gasteiger partial charge in [0.15, 0.2) is 0 Å². The van der Waals surface area contributed by atoms with Gasteiger partial charge in [0.1, 0.15) is 0 Å². The van der Waals surface area contributed by atoms with Crippen LogP contribution in [0, 0.1) is 0 Å². The lowest BCUT2D eigenvalue weighted by atomic mass is 10.1. The summed E-state index contributed by atoms with van der Waals surface area (Å²) in [5, 5.41) is 4.05. The second-order valence-corrected chi connectivity index (χ2v) is 5.55. The van der Waals surface area contributed by atoms with Gasteiger partial charge in [-0.15, -0.1) is 0 Å². The minimum absolute atomic E-state index is 0.644. The first kappa shape index (κ1) is 14.4. The third kappa shape index (κ3) is 4.23. The van der Waals surface area contributed by atoms with Crippen LogP contribution < -0.4 is 5.32 Å². The molecule has 0 amide bonds. The molecule has 0 aliphatic heterocycles. The molecule has 0 bridgehead atoms. The predicted octanol–water partition coefficient (Wildman–Crippen LogP) is 4.86. The lowest BCUT2D eigenvalue weighted by molar-refractivity contribution is 0.185. The largest absolute Gasteiger partial charge is 0.380 e. The Morgan fingerprint density at radius 1 is 1.11 bits per heavy atom. The summed E-state index contributed by atoms with van der Waals surface area (Å²) in [6.45, 7) is 1.38. The number of methoxy groups -OCH3 is 1. The van der Waals surface area contributed by atoms with Gasteiger partial charge in [-0.1, -0.05) is 51.8 Å². The molecule has 2 aromatic rings. The number of halogens is 2. The Morgan fingerprint density at radius 2 is 1.79 bits per heavy atom. The normalized spacial score (nSPS) is 10.5. The van der Waals surface area contributed by atoms with E-state index < -0.39 is 0 Å². The molecule has 0 fully saturated rings. The van der Waals surface area contributed by atoms with Crippen LogP contribution in [0.5, 0.6) is 0 Å². The minimum atomic E-state index is 0.644. The Hall–Kier alpha value is -1.03. The van der Waals surface area contributed by atoms with Crippen molar-refractivity contribution in [1.82, 2.24) is 0 Å². The van der Waals surface area contributed by atoms with Gasteiger partial charge in [0.2, 0.25) is 0 Å². The molecule has 0 radical (unpaired) electrons. The first-order valence-electron chi connectivity index (χ1n) is 5.94. The lowest BCUT2D eigenvalue weighted by Gasteiger charge is -2.09. The van der Waals surface area contributed by atoms with Crippen molar-refractivity contribution in [3.8, 4) is 0 Å². The summed E-state index contributed by atoms with van der Waals surface area (Å²) in [6, 6.07) is 14.1. The van der Waals surface area contributed by atoms with E-state index in [1.165, 1.54) is 11.1 Å². The van der Waals surface area contributed by atoms with E-state index in [0.717, 1.165) is 21.7 Å². The van der Waals surface area contributed by atoms with E-state index in [2.05, 4.69) is 45.5 Å². The predicted molar refractivity (Wildman–Crippen MR) is 83.6 cm³/mol. The van der Waals surface area contributed by atoms with E-state index in [1.807, 2.05) is 18.2 Å². The van der Waals surface area contributed by atoms with Crippen molar-refractivity contribution in [1.29, 1.82) is 0 Å². The van der Waals surface area contributed by atoms with Crippen LogP contribution in [-0.4, -0.2) is 7.11 Å². The van der Waals surface area contributed by atoms with Crippen LogP contribution in [0.15, 0.2) is 46.9 Å². The average Bonchev–Trinajstić information content (AvgIpc) is 2.42. The zero-order chi connectivity index (χ0) is 13.7. The number of rotatable bonds is 5. The van der Waals surface area contributed by atoms with Crippen LogP contribution in [0.1, 0.15) is 11.1 Å². The molecular weight excluding hydrogens is 326 g/mol. The number of hydrogen-bond donors (Lipinski definition) is 1. The minimum Gasteiger partial charge on any atom is -0.380 e. The Bertz CT molecular complexity index is 542. The monoisotopic (exact) mass is 339 g/mol. The maximum absolute atomic E-state index is 6.13. The molecule has 0 aromatic heterocycles. The highest BCUT2D eigenvalue weighted by Crippen LogP contribution is 2.26. The second kappa shape index (κ2) is 6.94. The van der Waals surface area contributed by atoms with Crippen molar-refractivity contribution in [3.05, 3.63) is 63.1 Å². The molecule has 0 aliphatic carbocycles. The SMILES string of the molecule is COCc1ccc(CNc2cc(Br)ccc2Cl)cc1. The van der Waals surface area contributed by atoms with Crippen molar-refractivity contribution in [3.63, 3.8) is 0 Å². The summed E-state index contributed by atoms with van der Waals surface area (Å²) >= 11 is 9.57. The van der Waals surface area contributed by atoms with Gasteiger partial charge in [-0.2, -0.15) is 0 Å². The zero-order valence-corrected chi connectivity index (χ0v) is 13.0. The van der Waals surface area contributed by atoms with Gasteiger partial charge < -0.3 is 10.1 Å². The summed E-state index contributed by atoms with van der Waals surface area (Å²) < 4.78 is 6.10. The molecule has 0 unspecified atom stereocenters. The molecule has 0 atom stereocenters. The molecule has 2 aromatic carbocycles. The third-order valence-electron chi connectivity index (χ3n) is 2.75. The molecule has 4 heteroatoms. The van der Waals surface area contributed by atoms with Crippen LogP contribution in [-0.2, 0) is 17.9 Å². The summed E-state index contributed by atoms with van der Waals surface area (Å²) in [5.41, 5.74) is 3.31. The van der Waals surface area contributed by atoms with Gasteiger partial charge >= 0.3 is 0 Å². The molecule has 1 N–H and O–H groups in total.